The maximum atomic E-state index is 13.1. The zero-order valence-corrected chi connectivity index (χ0v) is 15.4. The van der Waals surface area contributed by atoms with Crippen LogP contribution in [0.4, 0.5) is 19.1 Å². The molecule has 0 spiro atoms. The largest absolute Gasteiger partial charge is 0.416 e. The molecular formula is C19H21F3N4O2. The van der Waals surface area contributed by atoms with Crippen molar-refractivity contribution in [2.45, 2.75) is 31.5 Å². The molecule has 2 aromatic rings. The van der Waals surface area contributed by atoms with Crippen molar-refractivity contribution in [1.29, 1.82) is 0 Å². The van der Waals surface area contributed by atoms with Crippen molar-refractivity contribution in [2.24, 2.45) is 0 Å². The Labute approximate surface area is 160 Å². The first-order chi connectivity index (χ1) is 13.3. The Kier molecular flexibility index (Phi) is 5.83. The van der Waals surface area contributed by atoms with Gasteiger partial charge < -0.3 is 15.4 Å². The summed E-state index contributed by atoms with van der Waals surface area (Å²) in [7, 11) is 1.44. The third-order valence-electron chi connectivity index (χ3n) is 4.74. The van der Waals surface area contributed by atoms with E-state index in [0.29, 0.717) is 29.8 Å². The van der Waals surface area contributed by atoms with E-state index in [1.54, 1.807) is 11.0 Å². The van der Waals surface area contributed by atoms with Gasteiger partial charge in [0, 0.05) is 25.4 Å². The highest BCUT2D eigenvalue weighted by Crippen LogP contribution is 2.38. The monoisotopic (exact) mass is 394 g/mol. The van der Waals surface area contributed by atoms with Crippen molar-refractivity contribution in [1.82, 2.24) is 14.9 Å². The summed E-state index contributed by atoms with van der Waals surface area (Å²) in [5, 5.41) is 0. The van der Waals surface area contributed by atoms with Crippen LogP contribution in [0, 0.1) is 0 Å². The van der Waals surface area contributed by atoms with Crippen LogP contribution in [0.15, 0.2) is 30.5 Å². The van der Waals surface area contributed by atoms with Crippen molar-refractivity contribution in [3.05, 3.63) is 41.7 Å². The Balaban J connectivity index is 2.07. The molecule has 2 heterocycles. The third kappa shape index (κ3) is 4.24. The van der Waals surface area contributed by atoms with E-state index in [4.69, 9.17) is 10.5 Å². The van der Waals surface area contributed by atoms with Gasteiger partial charge in [0.25, 0.3) is 0 Å². The molecule has 1 atom stereocenters. The number of carbonyl (C=O) groups is 1. The van der Waals surface area contributed by atoms with Gasteiger partial charge in [-0.15, -0.1) is 0 Å². The van der Waals surface area contributed by atoms with E-state index >= 15 is 0 Å². The summed E-state index contributed by atoms with van der Waals surface area (Å²) in [5.41, 5.74) is 6.22. The number of nitrogen functional groups attached to an aromatic ring is 1. The summed E-state index contributed by atoms with van der Waals surface area (Å²) in [4.78, 5) is 22.4. The standard InChI is InChI=1S/C19H21F3N4O2/c1-28-11-16(27)26-8-3-2-7-15(26)17-14(10-24-18(23)25-17)12-5-4-6-13(9-12)19(20,21)22/h4-6,9-10,15H,2-3,7-8,11H2,1H3,(H2,23,24,25)/t15-/m0/s1. The molecule has 0 unspecified atom stereocenters. The predicted molar refractivity (Wildman–Crippen MR) is 97.1 cm³/mol. The fourth-order valence-corrected chi connectivity index (χ4v) is 3.47. The molecule has 1 saturated heterocycles. The van der Waals surface area contributed by atoms with Gasteiger partial charge in [0.15, 0.2) is 0 Å². The van der Waals surface area contributed by atoms with Crippen LogP contribution in [0.2, 0.25) is 0 Å². The van der Waals surface area contributed by atoms with E-state index in [-0.39, 0.29) is 18.5 Å². The number of anilines is 1. The van der Waals surface area contributed by atoms with Gasteiger partial charge in [0.2, 0.25) is 11.9 Å². The first-order valence-corrected chi connectivity index (χ1v) is 8.89. The average Bonchev–Trinajstić information content (AvgIpc) is 2.67. The van der Waals surface area contributed by atoms with Gasteiger partial charge in [0.05, 0.1) is 17.3 Å². The highest BCUT2D eigenvalue weighted by Gasteiger charge is 2.33. The second kappa shape index (κ2) is 8.14. The van der Waals surface area contributed by atoms with Gasteiger partial charge in [0.1, 0.15) is 6.61 Å². The summed E-state index contributed by atoms with van der Waals surface area (Å²) in [6.07, 6.45) is -0.701. The Morgan fingerprint density at radius 1 is 1.36 bits per heavy atom. The summed E-state index contributed by atoms with van der Waals surface area (Å²) in [5.74, 6) is -0.185. The maximum Gasteiger partial charge on any atom is 0.416 e. The molecule has 150 valence electrons. The fourth-order valence-electron chi connectivity index (χ4n) is 3.47. The van der Waals surface area contributed by atoms with Crippen LogP contribution in [0.3, 0.4) is 0 Å². The predicted octanol–water partition coefficient (Wildman–Crippen LogP) is 3.44. The lowest BCUT2D eigenvalue weighted by Crippen LogP contribution is -2.41. The van der Waals surface area contributed by atoms with Gasteiger partial charge >= 0.3 is 6.18 Å². The van der Waals surface area contributed by atoms with E-state index in [0.717, 1.165) is 25.0 Å². The minimum absolute atomic E-state index is 0.00967. The van der Waals surface area contributed by atoms with Crippen LogP contribution in [-0.2, 0) is 15.7 Å². The summed E-state index contributed by atoms with van der Waals surface area (Å²) in [6, 6.07) is 4.58. The molecule has 0 aliphatic carbocycles. The molecule has 0 radical (unpaired) electrons. The number of hydrogen-bond donors (Lipinski definition) is 1. The number of carbonyl (C=O) groups excluding carboxylic acids is 1. The second-order valence-electron chi connectivity index (χ2n) is 6.64. The number of benzene rings is 1. The second-order valence-corrected chi connectivity index (χ2v) is 6.64. The van der Waals surface area contributed by atoms with E-state index in [9.17, 15) is 18.0 Å². The highest BCUT2D eigenvalue weighted by molar-refractivity contribution is 5.78. The molecule has 1 aliphatic heterocycles. The Morgan fingerprint density at radius 2 is 2.14 bits per heavy atom. The van der Waals surface area contributed by atoms with Crippen LogP contribution in [0.1, 0.15) is 36.6 Å². The number of alkyl halides is 3. The van der Waals surface area contributed by atoms with Crippen molar-refractivity contribution >= 4 is 11.9 Å². The minimum Gasteiger partial charge on any atom is -0.375 e. The van der Waals surface area contributed by atoms with Crippen LogP contribution in [0.25, 0.3) is 11.1 Å². The number of hydrogen-bond acceptors (Lipinski definition) is 5. The summed E-state index contributed by atoms with van der Waals surface area (Å²) < 4.78 is 44.4. The molecule has 3 rings (SSSR count). The molecule has 28 heavy (non-hydrogen) atoms. The van der Waals surface area contributed by atoms with E-state index in [1.807, 2.05) is 0 Å². The van der Waals surface area contributed by atoms with Crippen LogP contribution in [0.5, 0.6) is 0 Å². The lowest BCUT2D eigenvalue weighted by atomic mass is 9.93. The molecule has 0 saturated carbocycles. The number of likely N-dealkylation sites (tertiary alicyclic amines) is 1. The summed E-state index contributed by atoms with van der Waals surface area (Å²) in [6.45, 7) is 0.453. The number of amides is 1. The van der Waals surface area contributed by atoms with Gasteiger partial charge in [-0.1, -0.05) is 12.1 Å². The van der Waals surface area contributed by atoms with Crippen molar-refractivity contribution in [3.8, 4) is 11.1 Å². The molecule has 1 fully saturated rings. The molecule has 0 bridgehead atoms. The summed E-state index contributed by atoms with van der Waals surface area (Å²) >= 11 is 0. The number of nitrogens with two attached hydrogens (primary N) is 1. The highest BCUT2D eigenvalue weighted by atomic mass is 19.4. The molecule has 9 heteroatoms. The number of piperidine rings is 1. The first-order valence-electron chi connectivity index (χ1n) is 8.89. The zero-order valence-electron chi connectivity index (χ0n) is 15.4. The first kappa shape index (κ1) is 20.1. The number of halogens is 3. The smallest absolute Gasteiger partial charge is 0.375 e. The van der Waals surface area contributed by atoms with E-state index in [2.05, 4.69) is 9.97 Å². The molecule has 1 aromatic heterocycles. The van der Waals surface area contributed by atoms with Gasteiger partial charge in [-0.05, 0) is 37.0 Å². The number of aromatic nitrogens is 2. The molecule has 6 nitrogen and oxygen atoms in total. The molecule has 1 amide bonds. The number of methoxy groups -OCH3 is 1. The zero-order chi connectivity index (χ0) is 20.3. The van der Waals surface area contributed by atoms with Crippen molar-refractivity contribution in [3.63, 3.8) is 0 Å². The topological polar surface area (TPSA) is 81.3 Å². The molecular weight excluding hydrogens is 373 g/mol. The normalized spacial score (nSPS) is 17.6. The minimum atomic E-state index is -4.46. The number of rotatable bonds is 4. The van der Waals surface area contributed by atoms with Crippen LogP contribution in [-0.4, -0.2) is 41.0 Å². The maximum absolute atomic E-state index is 13.1. The third-order valence-corrected chi connectivity index (χ3v) is 4.74. The quantitative estimate of drug-likeness (QED) is 0.859. The Morgan fingerprint density at radius 3 is 2.86 bits per heavy atom. The van der Waals surface area contributed by atoms with E-state index < -0.39 is 17.8 Å². The molecule has 1 aromatic carbocycles. The SMILES string of the molecule is COCC(=O)N1CCCC[C@H]1c1nc(N)ncc1-c1cccc(C(F)(F)F)c1. The lowest BCUT2D eigenvalue weighted by Gasteiger charge is -2.36. The Hall–Kier alpha value is -2.68. The Bertz CT molecular complexity index is 857. The van der Waals surface area contributed by atoms with Crippen molar-refractivity contribution < 1.29 is 22.7 Å². The van der Waals surface area contributed by atoms with Crippen molar-refractivity contribution in [2.75, 3.05) is 26.0 Å². The van der Waals surface area contributed by atoms with Gasteiger partial charge in [-0.25, -0.2) is 9.97 Å². The number of nitrogens with zero attached hydrogens (tertiary/aromatic N) is 3. The lowest BCUT2D eigenvalue weighted by molar-refractivity contribution is -0.139. The molecule has 1 aliphatic rings. The van der Waals surface area contributed by atoms with E-state index in [1.165, 1.54) is 19.4 Å². The molecule has 2 N–H and O–H groups in total. The van der Waals surface area contributed by atoms with Crippen LogP contribution < -0.4 is 5.73 Å². The fraction of sp³-hybridized carbons (Fsp3) is 0.421. The average molecular weight is 394 g/mol. The van der Waals surface area contributed by atoms with Gasteiger partial charge in [-0.2, -0.15) is 13.2 Å². The van der Waals surface area contributed by atoms with Crippen LogP contribution >= 0.6 is 0 Å². The number of ether oxygens (including phenoxy) is 1. The van der Waals surface area contributed by atoms with Gasteiger partial charge in [-0.3, -0.25) is 4.79 Å².